The van der Waals surface area contributed by atoms with Gasteiger partial charge in [-0.3, -0.25) is 4.79 Å². The summed E-state index contributed by atoms with van der Waals surface area (Å²) < 4.78 is 40.1. The molecule has 3 aromatic heterocycles. The smallest absolute Gasteiger partial charge is 0.354 e. The van der Waals surface area contributed by atoms with Crippen LogP contribution in [-0.2, 0) is 0 Å². The molecule has 182 valence electrons. The highest BCUT2D eigenvalue weighted by atomic mass is 19.4. The number of nitrogens with one attached hydrogen (secondary N) is 2. The Hall–Kier alpha value is -3.43. The van der Waals surface area contributed by atoms with E-state index in [1.807, 2.05) is 31.3 Å². The summed E-state index contributed by atoms with van der Waals surface area (Å²) in [7, 11) is 0. The molecule has 0 aliphatic heterocycles. The molecule has 0 saturated heterocycles. The Kier molecular flexibility index (Phi) is 6.99. The number of allylic oxidation sites excluding steroid dienone is 1. The van der Waals surface area contributed by atoms with Gasteiger partial charge in [0.1, 0.15) is 6.04 Å². The fourth-order valence-electron chi connectivity index (χ4n) is 3.32. The maximum Gasteiger partial charge on any atom is 0.408 e. The topological polar surface area (TPSA) is 84.2 Å². The Morgan fingerprint density at radius 3 is 2.50 bits per heavy atom. The number of anilines is 1. The van der Waals surface area contributed by atoms with Gasteiger partial charge in [-0.15, -0.1) is 0 Å². The average molecular weight is 475 g/mol. The van der Waals surface area contributed by atoms with E-state index in [0.717, 1.165) is 35.9 Å². The van der Waals surface area contributed by atoms with Gasteiger partial charge in [0.2, 0.25) is 5.95 Å². The van der Waals surface area contributed by atoms with Crippen molar-refractivity contribution >= 4 is 22.9 Å². The van der Waals surface area contributed by atoms with Gasteiger partial charge in [-0.1, -0.05) is 26.8 Å². The van der Waals surface area contributed by atoms with Crippen molar-refractivity contribution in [3.05, 3.63) is 59.2 Å². The molecule has 0 aromatic carbocycles. The Morgan fingerprint density at radius 1 is 1.21 bits per heavy atom. The average Bonchev–Trinajstić information content (AvgIpc) is 3.16. The lowest BCUT2D eigenvalue weighted by Crippen LogP contribution is -2.43. The van der Waals surface area contributed by atoms with Crippen LogP contribution in [0.25, 0.3) is 11.1 Å². The van der Waals surface area contributed by atoms with Crippen LogP contribution in [-0.4, -0.2) is 44.3 Å². The summed E-state index contributed by atoms with van der Waals surface area (Å²) in [5, 5.41) is 9.33. The minimum Gasteiger partial charge on any atom is -0.354 e. The molecule has 1 unspecified atom stereocenters. The van der Waals surface area contributed by atoms with E-state index in [4.69, 9.17) is 0 Å². The van der Waals surface area contributed by atoms with Crippen molar-refractivity contribution in [3.63, 3.8) is 0 Å². The van der Waals surface area contributed by atoms with Crippen molar-refractivity contribution in [1.29, 1.82) is 0 Å². The predicted octanol–water partition coefficient (Wildman–Crippen LogP) is 5.02. The summed E-state index contributed by atoms with van der Waals surface area (Å²) in [4.78, 5) is 21.5. The molecule has 0 aliphatic rings. The SMILES string of the molecule is C/C=C(/c1ccn2ncc(C(=O)NC(C)C(F)(F)F)c2c1)c1cnc(NCC(C)(C)C)nc1C. The molecule has 0 bridgehead atoms. The van der Waals surface area contributed by atoms with Crippen molar-refractivity contribution in [2.24, 2.45) is 5.41 Å². The predicted molar refractivity (Wildman–Crippen MR) is 126 cm³/mol. The first kappa shape index (κ1) is 25.2. The Bertz CT molecular complexity index is 1220. The highest BCUT2D eigenvalue weighted by Gasteiger charge is 2.37. The van der Waals surface area contributed by atoms with Gasteiger partial charge in [-0.2, -0.15) is 18.3 Å². The Labute approximate surface area is 196 Å². The molecule has 10 heteroatoms. The number of fused-ring (bicyclic) bond motifs is 1. The molecular formula is C24H29F3N6O. The van der Waals surface area contributed by atoms with Crippen LogP contribution in [0.3, 0.4) is 0 Å². The Morgan fingerprint density at radius 2 is 1.91 bits per heavy atom. The van der Waals surface area contributed by atoms with E-state index in [9.17, 15) is 18.0 Å². The monoisotopic (exact) mass is 474 g/mol. The van der Waals surface area contributed by atoms with Crippen LogP contribution in [0.2, 0.25) is 0 Å². The van der Waals surface area contributed by atoms with Crippen molar-refractivity contribution in [1.82, 2.24) is 24.9 Å². The lowest BCUT2D eigenvalue weighted by Gasteiger charge is -2.19. The Balaban J connectivity index is 1.92. The maximum absolute atomic E-state index is 12.9. The van der Waals surface area contributed by atoms with Crippen LogP contribution < -0.4 is 10.6 Å². The number of nitrogens with zero attached hydrogens (tertiary/aromatic N) is 4. The minimum atomic E-state index is -4.53. The van der Waals surface area contributed by atoms with E-state index in [-0.39, 0.29) is 11.0 Å². The van der Waals surface area contributed by atoms with Crippen molar-refractivity contribution < 1.29 is 18.0 Å². The van der Waals surface area contributed by atoms with Crippen LogP contribution in [0.1, 0.15) is 61.8 Å². The third-order valence-corrected chi connectivity index (χ3v) is 5.25. The van der Waals surface area contributed by atoms with Gasteiger partial charge >= 0.3 is 6.18 Å². The first-order valence-corrected chi connectivity index (χ1v) is 10.9. The van der Waals surface area contributed by atoms with Crippen LogP contribution in [0.5, 0.6) is 0 Å². The summed E-state index contributed by atoms with van der Waals surface area (Å²) >= 11 is 0. The molecule has 7 nitrogen and oxygen atoms in total. The molecule has 0 fully saturated rings. The number of aromatic nitrogens is 4. The first-order chi connectivity index (χ1) is 15.8. The van der Waals surface area contributed by atoms with E-state index < -0.39 is 18.1 Å². The number of hydrogen-bond acceptors (Lipinski definition) is 5. The normalized spacial score (nSPS) is 13.7. The van der Waals surface area contributed by atoms with Crippen LogP contribution in [0.15, 0.2) is 36.8 Å². The molecule has 0 spiro atoms. The second-order valence-corrected chi connectivity index (χ2v) is 9.35. The van der Waals surface area contributed by atoms with Crippen LogP contribution in [0, 0.1) is 12.3 Å². The fraction of sp³-hybridized carbons (Fsp3) is 0.417. The standard InChI is InChI=1S/C24H29F3N6O/c1-7-17(18-11-28-22(31-14(18)2)29-13-23(4,5)6)16-8-9-33-20(10-16)19(12-30-33)21(34)32-15(3)24(25,26)27/h7-12,15H,13H2,1-6H3,(H,32,34)(H,28,29,31)/b17-7-. The first-order valence-electron chi connectivity index (χ1n) is 10.9. The molecule has 0 saturated carbocycles. The molecule has 1 atom stereocenters. The van der Waals surface area contributed by atoms with Gasteiger partial charge in [0.25, 0.3) is 5.91 Å². The van der Waals surface area contributed by atoms with Crippen molar-refractivity contribution in [2.75, 3.05) is 11.9 Å². The van der Waals surface area contributed by atoms with Gasteiger partial charge in [0, 0.05) is 24.5 Å². The van der Waals surface area contributed by atoms with E-state index in [1.54, 1.807) is 18.5 Å². The number of pyridine rings is 1. The summed E-state index contributed by atoms with van der Waals surface area (Å²) in [6.45, 7) is 11.7. The molecule has 2 N–H and O–H groups in total. The number of carbonyl (C=O) groups is 1. The maximum atomic E-state index is 12.9. The molecule has 3 rings (SSSR count). The lowest BCUT2D eigenvalue weighted by atomic mass is 9.97. The van der Waals surface area contributed by atoms with E-state index in [0.29, 0.717) is 11.5 Å². The van der Waals surface area contributed by atoms with Gasteiger partial charge in [-0.05, 0) is 49.5 Å². The molecule has 34 heavy (non-hydrogen) atoms. The van der Waals surface area contributed by atoms with Gasteiger partial charge in [0.05, 0.1) is 23.0 Å². The molecule has 3 heterocycles. The van der Waals surface area contributed by atoms with Crippen LogP contribution in [0.4, 0.5) is 19.1 Å². The quantitative estimate of drug-likeness (QED) is 0.524. The zero-order chi connectivity index (χ0) is 25.3. The molecule has 0 radical (unpaired) electrons. The molecule has 0 aliphatic carbocycles. The molecule has 1 amide bonds. The minimum absolute atomic E-state index is 0.0584. The molecular weight excluding hydrogens is 445 g/mol. The van der Waals surface area contributed by atoms with Crippen LogP contribution >= 0.6 is 0 Å². The number of carbonyl (C=O) groups excluding carboxylic acids is 1. The highest BCUT2D eigenvalue weighted by molar-refractivity contribution is 6.01. The number of hydrogen-bond donors (Lipinski definition) is 2. The summed E-state index contributed by atoms with van der Waals surface area (Å²) in [5.74, 6) is -0.302. The van der Waals surface area contributed by atoms with Crippen molar-refractivity contribution in [3.8, 4) is 0 Å². The van der Waals surface area contributed by atoms with E-state index in [1.165, 1.54) is 10.7 Å². The largest absolute Gasteiger partial charge is 0.408 e. The summed E-state index contributed by atoms with van der Waals surface area (Å²) in [5.41, 5.74) is 3.70. The van der Waals surface area contributed by atoms with Gasteiger partial charge < -0.3 is 10.6 Å². The highest BCUT2D eigenvalue weighted by Crippen LogP contribution is 2.28. The number of aryl methyl sites for hydroxylation is 1. The third kappa shape index (κ3) is 5.73. The number of halogens is 3. The fourth-order valence-corrected chi connectivity index (χ4v) is 3.32. The molecule has 3 aromatic rings. The van der Waals surface area contributed by atoms with Gasteiger partial charge in [-0.25, -0.2) is 14.5 Å². The zero-order valence-corrected chi connectivity index (χ0v) is 20.1. The van der Waals surface area contributed by atoms with Gasteiger partial charge in [0.15, 0.2) is 0 Å². The zero-order valence-electron chi connectivity index (χ0n) is 20.1. The van der Waals surface area contributed by atoms with E-state index in [2.05, 4.69) is 41.2 Å². The van der Waals surface area contributed by atoms with E-state index >= 15 is 0 Å². The number of alkyl halides is 3. The van der Waals surface area contributed by atoms with Crippen molar-refractivity contribution in [2.45, 2.75) is 53.8 Å². The summed E-state index contributed by atoms with van der Waals surface area (Å²) in [6, 6.07) is 1.57. The summed E-state index contributed by atoms with van der Waals surface area (Å²) in [6.07, 6.45) is 2.03. The number of amides is 1. The lowest BCUT2D eigenvalue weighted by molar-refractivity contribution is -0.149. The second kappa shape index (κ2) is 9.44. The second-order valence-electron chi connectivity index (χ2n) is 9.35. The number of rotatable bonds is 6. The third-order valence-electron chi connectivity index (χ3n) is 5.25.